The van der Waals surface area contributed by atoms with Gasteiger partial charge in [-0.25, -0.2) is 4.79 Å². The first-order chi connectivity index (χ1) is 37.5. The lowest BCUT2D eigenvalue weighted by molar-refractivity contribution is -0.144. The van der Waals surface area contributed by atoms with E-state index in [9.17, 15) is 83.8 Å². The van der Waals surface area contributed by atoms with Gasteiger partial charge in [-0.15, -0.1) is 20.4 Å². The highest BCUT2D eigenvalue weighted by Gasteiger charge is 2.46. The molecule has 14 nitrogen and oxygen atoms in total. The third-order valence-electron chi connectivity index (χ3n) is 13.0. The predicted octanol–water partition coefficient (Wildman–Crippen LogP) is 13.5. The van der Waals surface area contributed by atoms with Gasteiger partial charge < -0.3 is 19.9 Å². The van der Waals surface area contributed by atoms with Gasteiger partial charge in [-0.1, -0.05) is 27.2 Å². The second-order valence-electron chi connectivity index (χ2n) is 18.6. The zero-order valence-corrected chi connectivity index (χ0v) is 42.7. The molecule has 32 heteroatoms. The van der Waals surface area contributed by atoms with Crippen LogP contribution in [0.4, 0.5) is 107 Å². The molecule has 1 amide bonds. The molecule has 2 aliphatic heterocycles. The topological polar surface area (TPSA) is 135 Å². The summed E-state index contributed by atoms with van der Waals surface area (Å²) in [4.78, 5) is 18.6. The molecule has 4 heterocycles. The molecule has 81 heavy (non-hydrogen) atoms. The van der Waals surface area contributed by atoms with Gasteiger partial charge >= 0.3 is 43.2 Å². The van der Waals surface area contributed by atoms with Gasteiger partial charge in [0.15, 0.2) is 0 Å². The van der Waals surface area contributed by atoms with Crippen LogP contribution in [0.15, 0.2) is 72.8 Å². The summed E-state index contributed by atoms with van der Waals surface area (Å²) in [5, 5.41) is 26.0. The first-order valence-corrected chi connectivity index (χ1v) is 24.3. The minimum Gasteiger partial charge on any atom is -0.449 e. The standard InChI is InChI=1S/C27H27F9N6O2.C22H19F9N6/c1-4-6-9-44-24(43)42-19(5-2)14-41(21-13-16(25(28,29)30)7-8-20(21)42)22(23-37-39-40(3)38-23)15-10-17(26(31,32)33)12-18(11-15)27(34,35)36;1-3-15-10-37(17-9-12(20(23,24)25)4-5-16(17)32-15)18(19-33-35-36(2)34-19)11-6-13(21(26,27)28)8-14(7-11)22(29,30)31/h7-8,10-13,19,22H,4-6,9,14H2,1-3H3;4-9,15,18,32H,3,10H2,1-2H3. The largest absolute Gasteiger partial charge is 0.449 e. The number of hydrogen-bond acceptors (Lipinski definition) is 11. The number of tetrazole rings is 2. The van der Waals surface area contributed by atoms with E-state index in [4.69, 9.17) is 4.74 Å². The Morgan fingerprint density at radius 2 is 0.963 bits per heavy atom. The van der Waals surface area contributed by atoms with E-state index in [0.29, 0.717) is 49.6 Å². The molecule has 0 fully saturated rings. The van der Waals surface area contributed by atoms with Crippen molar-refractivity contribution in [1.82, 2.24) is 40.4 Å². The van der Waals surface area contributed by atoms with Crippen molar-refractivity contribution in [3.63, 3.8) is 0 Å². The Hall–Kier alpha value is -7.57. The Labute approximate surface area is 447 Å². The molecular weight excluding hydrogens is 1130 g/mol. The first kappa shape index (κ1) is 61.1. The van der Waals surface area contributed by atoms with Gasteiger partial charge in [0.1, 0.15) is 12.1 Å². The van der Waals surface area contributed by atoms with Crippen LogP contribution in [-0.4, -0.2) is 78.3 Å². The van der Waals surface area contributed by atoms with Crippen LogP contribution in [-0.2, 0) is 55.9 Å². The van der Waals surface area contributed by atoms with E-state index in [2.05, 4.69) is 36.1 Å². The van der Waals surface area contributed by atoms with E-state index in [1.807, 2.05) is 6.92 Å². The molecule has 4 atom stereocenters. The predicted molar refractivity (Wildman–Crippen MR) is 252 cm³/mol. The maximum absolute atomic E-state index is 13.9. The third-order valence-corrected chi connectivity index (χ3v) is 13.0. The number of carbonyl (C=O) groups excluding carboxylic acids is 1. The average molecular weight is 1180 g/mol. The number of alkyl halides is 18. The highest BCUT2D eigenvalue weighted by molar-refractivity contribution is 5.95. The molecule has 0 radical (unpaired) electrons. The Kier molecular flexibility index (Phi) is 17.2. The molecule has 0 saturated carbocycles. The maximum atomic E-state index is 13.9. The zero-order valence-electron chi connectivity index (χ0n) is 42.7. The number of rotatable bonds is 11. The summed E-state index contributed by atoms with van der Waals surface area (Å²) in [6.45, 7) is 4.92. The minimum absolute atomic E-state index is 0.0209. The van der Waals surface area contributed by atoms with Crippen molar-refractivity contribution in [2.45, 2.75) is 108 Å². The van der Waals surface area contributed by atoms with Crippen molar-refractivity contribution in [2.24, 2.45) is 14.1 Å². The average Bonchev–Trinajstić information content (AvgIpc) is 4.02. The summed E-state index contributed by atoms with van der Waals surface area (Å²) >= 11 is 0. The first-order valence-electron chi connectivity index (χ1n) is 24.3. The number of nitrogens with one attached hydrogen (secondary N) is 1. The fourth-order valence-electron chi connectivity index (χ4n) is 9.09. The van der Waals surface area contributed by atoms with Crippen molar-refractivity contribution in [2.75, 3.05) is 39.7 Å². The number of aromatic nitrogens is 8. The van der Waals surface area contributed by atoms with E-state index in [1.54, 1.807) is 13.8 Å². The molecule has 0 aliphatic carbocycles. The van der Waals surface area contributed by atoms with Crippen LogP contribution < -0.4 is 20.0 Å². The summed E-state index contributed by atoms with van der Waals surface area (Å²) in [5.74, 6) is -0.660. The normalized spacial score (nSPS) is 17.0. The highest BCUT2D eigenvalue weighted by atomic mass is 19.4. The number of halogens is 18. The molecule has 6 aromatic rings. The molecule has 0 spiro atoms. The summed E-state index contributed by atoms with van der Waals surface area (Å²) in [5.41, 5.74) is -9.97. The lowest BCUT2D eigenvalue weighted by atomic mass is 9.94. The summed E-state index contributed by atoms with van der Waals surface area (Å²) in [6, 6.07) is 2.70. The Bertz CT molecular complexity index is 3120. The SMILES string of the molecule is CCC1CN(C(c2cc(C(F)(F)F)cc(C(F)(F)F)c2)c2nnn(C)n2)c2cc(C(F)(F)F)ccc2N1.CCCCOC(=O)N1c2ccc(C(F)(F)F)cc2N(C(c2cc(C(F)(F)F)cc(C(F)(F)F)c2)c2nnn(C)n2)CC1CC. The van der Waals surface area contributed by atoms with Crippen molar-refractivity contribution < 1.29 is 88.6 Å². The Morgan fingerprint density at radius 3 is 1.35 bits per heavy atom. The lowest BCUT2D eigenvalue weighted by Crippen LogP contribution is -2.53. The number of amides is 1. The molecule has 2 aromatic heterocycles. The van der Waals surface area contributed by atoms with Crippen molar-refractivity contribution >= 4 is 28.8 Å². The molecule has 4 unspecified atom stereocenters. The van der Waals surface area contributed by atoms with E-state index in [1.165, 1.54) is 30.0 Å². The van der Waals surface area contributed by atoms with E-state index in [0.717, 1.165) is 38.8 Å². The van der Waals surface area contributed by atoms with Gasteiger partial charge in [-0.2, -0.15) is 88.6 Å². The smallest absolute Gasteiger partial charge is 0.416 e. The van der Waals surface area contributed by atoms with Crippen LogP contribution in [0, 0.1) is 0 Å². The lowest BCUT2D eigenvalue weighted by Gasteiger charge is -2.45. The molecule has 0 saturated heterocycles. The second-order valence-corrected chi connectivity index (χ2v) is 18.6. The van der Waals surface area contributed by atoms with Gasteiger partial charge in [0.05, 0.1) is 82.9 Å². The molecular formula is C49H46F18N12O2. The van der Waals surface area contributed by atoms with Gasteiger partial charge in [0, 0.05) is 19.1 Å². The molecule has 2 aliphatic rings. The minimum atomic E-state index is -5.20. The van der Waals surface area contributed by atoms with Crippen molar-refractivity contribution in [3.05, 3.63) is 129 Å². The van der Waals surface area contributed by atoms with Gasteiger partial charge in [0.25, 0.3) is 0 Å². The molecule has 0 bridgehead atoms. The fourth-order valence-corrected chi connectivity index (χ4v) is 9.09. The quantitative estimate of drug-likeness (QED) is 0.0981. The fraction of sp³-hybridized carbons (Fsp3) is 0.449. The summed E-state index contributed by atoms with van der Waals surface area (Å²) in [6.07, 6.45) is -29.3. The Balaban J connectivity index is 0.000000237. The third kappa shape index (κ3) is 13.8. The summed E-state index contributed by atoms with van der Waals surface area (Å²) < 4.78 is 252. The maximum Gasteiger partial charge on any atom is 0.416 e. The van der Waals surface area contributed by atoms with E-state index >= 15 is 0 Å². The number of nitrogens with zero attached hydrogens (tertiary/aromatic N) is 11. The second kappa shape index (κ2) is 22.8. The van der Waals surface area contributed by atoms with Crippen LogP contribution in [0.1, 0.15) is 115 Å². The number of unbranched alkanes of at least 4 members (excludes halogenated alkanes) is 1. The Morgan fingerprint density at radius 1 is 0.543 bits per heavy atom. The molecule has 1 N–H and O–H groups in total. The zero-order chi connectivity index (χ0) is 59.9. The monoisotopic (exact) mass is 1180 g/mol. The number of carbonyl (C=O) groups is 1. The highest BCUT2D eigenvalue weighted by Crippen LogP contribution is 2.49. The molecule has 440 valence electrons. The number of anilines is 4. The number of hydrogen-bond donors (Lipinski definition) is 1. The summed E-state index contributed by atoms with van der Waals surface area (Å²) in [7, 11) is 2.64. The number of aryl methyl sites for hydroxylation is 2. The van der Waals surface area contributed by atoms with Crippen LogP contribution in [0.25, 0.3) is 0 Å². The van der Waals surface area contributed by atoms with Gasteiger partial charge in [0.2, 0.25) is 11.6 Å². The van der Waals surface area contributed by atoms with Gasteiger partial charge in [-0.05, 0) is 114 Å². The van der Waals surface area contributed by atoms with Crippen molar-refractivity contribution in [1.29, 1.82) is 0 Å². The van der Waals surface area contributed by atoms with Crippen LogP contribution in [0.5, 0.6) is 0 Å². The van der Waals surface area contributed by atoms with Crippen molar-refractivity contribution in [3.8, 4) is 0 Å². The number of fused-ring (bicyclic) bond motifs is 2. The molecule has 8 rings (SSSR count). The number of ether oxygens (including phenoxy) is 1. The van der Waals surface area contributed by atoms with E-state index < -0.39 is 112 Å². The van der Waals surface area contributed by atoms with Crippen LogP contribution >= 0.6 is 0 Å². The number of benzene rings is 4. The van der Waals surface area contributed by atoms with E-state index in [-0.39, 0.29) is 72.6 Å². The van der Waals surface area contributed by atoms with Gasteiger partial charge in [-0.3, -0.25) is 4.90 Å². The van der Waals surface area contributed by atoms with Crippen LogP contribution in [0.2, 0.25) is 0 Å². The molecule has 4 aromatic carbocycles. The van der Waals surface area contributed by atoms with Crippen LogP contribution in [0.3, 0.4) is 0 Å².